The molecule has 0 saturated heterocycles. The van der Waals surface area contributed by atoms with Gasteiger partial charge in [0.1, 0.15) is 17.5 Å². The fourth-order valence-corrected chi connectivity index (χ4v) is 2.69. The third kappa shape index (κ3) is 7.12. The summed E-state index contributed by atoms with van der Waals surface area (Å²) in [5, 5.41) is 11.6. The molecule has 0 fully saturated rings. The maximum atomic E-state index is 12.9. The predicted octanol–water partition coefficient (Wildman–Crippen LogP) is 1.99. The summed E-state index contributed by atoms with van der Waals surface area (Å²) in [6.07, 6.45) is 0.460. The van der Waals surface area contributed by atoms with E-state index in [9.17, 15) is 9.59 Å². The number of aliphatic hydroxyl groups is 1. The molecule has 0 saturated carbocycles. The minimum absolute atomic E-state index is 0.00588. The second kappa shape index (κ2) is 11.7. The Morgan fingerprint density at radius 3 is 2.38 bits per heavy atom. The summed E-state index contributed by atoms with van der Waals surface area (Å²) < 4.78 is 10.7. The summed E-state index contributed by atoms with van der Waals surface area (Å²) in [5.41, 5.74) is 0.869. The van der Waals surface area contributed by atoms with Crippen LogP contribution in [-0.4, -0.2) is 54.7 Å². The van der Waals surface area contributed by atoms with Gasteiger partial charge in [-0.05, 0) is 43.2 Å². The highest BCUT2D eigenvalue weighted by Crippen LogP contribution is 2.16. The van der Waals surface area contributed by atoms with Crippen LogP contribution in [0.5, 0.6) is 11.5 Å². The van der Waals surface area contributed by atoms with E-state index in [-0.39, 0.29) is 31.6 Å². The third-order valence-corrected chi connectivity index (χ3v) is 4.42. The first kappa shape index (κ1) is 22.2. The van der Waals surface area contributed by atoms with Crippen LogP contribution in [-0.2, 0) is 16.1 Å². The average Bonchev–Trinajstić information content (AvgIpc) is 2.76. The number of nitrogens with one attached hydrogen (secondary N) is 1. The van der Waals surface area contributed by atoms with Crippen molar-refractivity contribution in [3.05, 3.63) is 60.2 Å². The van der Waals surface area contributed by atoms with Crippen molar-refractivity contribution in [3.63, 3.8) is 0 Å². The number of ether oxygens (including phenoxy) is 2. The highest BCUT2D eigenvalue weighted by Gasteiger charge is 2.26. The van der Waals surface area contributed by atoms with Gasteiger partial charge < -0.3 is 24.8 Å². The van der Waals surface area contributed by atoms with Gasteiger partial charge in [0.2, 0.25) is 5.91 Å². The van der Waals surface area contributed by atoms with E-state index in [0.717, 1.165) is 5.56 Å². The van der Waals surface area contributed by atoms with Crippen molar-refractivity contribution >= 4 is 11.8 Å². The Labute approximate surface area is 171 Å². The zero-order valence-electron chi connectivity index (χ0n) is 16.8. The van der Waals surface area contributed by atoms with Crippen LogP contribution in [0.1, 0.15) is 18.9 Å². The molecule has 2 aromatic carbocycles. The number of hydrogen-bond donors (Lipinski definition) is 2. The highest BCUT2D eigenvalue weighted by atomic mass is 16.5. The van der Waals surface area contributed by atoms with Crippen LogP contribution in [0, 0.1) is 0 Å². The molecule has 7 nitrogen and oxygen atoms in total. The monoisotopic (exact) mass is 400 g/mol. The van der Waals surface area contributed by atoms with Gasteiger partial charge in [-0.2, -0.15) is 0 Å². The number of methoxy groups -OCH3 is 1. The van der Waals surface area contributed by atoms with Gasteiger partial charge in [-0.3, -0.25) is 9.59 Å². The van der Waals surface area contributed by atoms with Gasteiger partial charge >= 0.3 is 0 Å². The molecule has 0 bridgehead atoms. The van der Waals surface area contributed by atoms with Crippen LogP contribution in [0.25, 0.3) is 0 Å². The Hall–Kier alpha value is -3.06. The maximum Gasteiger partial charge on any atom is 0.261 e. The van der Waals surface area contributed by atoms with Gasteiger partial charge in [-0.15, -0.1) is 0 Å². The van der Waals surface area contributed by atoms with Crippen LogP contribution in [0.3, 0.4) is 0 Å². The lowest BCUT2D eigenvalue weighted by atomic mass is 10.1. The zero-order valence-corrected chi connectivity index (χ0v) is 16.8. The molecule has 0 aliphatic rings. The molecule has 156 valence electrons. The van der Waals surface area contributed by atoms with Crippen molar-refractivity contribution in [3.8, 4) is 11.5 Å². The van der Waals surface area contributed by atoms with Crippen molar-refractivity contribution in [1.29, 1.82) is 0 Å². The normalized spacial score (nSPS) is 11.4. The first-order valence-corrected chi connectivity index (χ1v) is 9.54. The third-order valence-electron chi connectivity index (χ3n) is 4.42. The van der Waals surface area contributed by atoms with Crippen LogP contribution in [0.4, 0.5) is 0 Å². The molecule has 2 amide bonds. The number of aliphatic hydroxyl groups excluding tert-OH is 1. The quantitative estimate of drug-likeness (QED) is 0.563. The van der Waals surface area contributed by atoms with Crippen molar-refractivity contribution in [2.75, 3.05) is 26.9 Å². The number of para-hydroxylation sites is 1. The Morgan fingerprint density at radius 2 is 1.76 bits per heavy atom. The molecule has 0 spiro atoms. The molecule has 0 radical (unpaired) electrons. The smallest absolute Gasteiger partial charge is 0.261 e. The number of benzene rings is 2. The van der Waals surface area contributed by atoms with E-state index in [2.05, 4.69) is 5.32 Å². The summed E-state index contributed by atoms with van der Waals surface area (Å²) in [4.78, 5) is 26.8. The Bertz CT molecular complexity index is 765. The van der Waals surface area contributed by atoms with Crippen LogP contribution in [0.15, 0.2) is 54.6 Å². The second-order valence-electron chi connectivity index (χ2n) is 6.52. The van der Waals surface area contributed by atoms with E-state index in [0.29, 0.717) is 24.5 Å². The molecule has 0 aliphatic carbocycles. The van der Waals surface area contributed by atoms with E-state index < -0.39 is 6.04 Å². The van der Waals surface area contributed by atoms with E-state index in [1.165, 1.54) is 4.90 Å². The van der Waals surface area contributed by atoms with Gasteiger partial charge in [-0.1, -0.05) is 30.3 Å². The highest BCUT2D eigenvalue weighted by molar-refractivity contribution is 5.87. The number of rotatable bonds is 11. The first-order valence-electron chi connectivity index (χ1n) is 9.54. The zero-order chi connectivity index (χ0) is 21.1. The van der Waals surface area contributed by atoms with E-state index in [1.54, 1.807) is 26.2 Å². The van der Waals surface area contributed by atoms with Crippen molar-refractivity contribution in [2.24, 2.45) is 0 Å². The Kier molecular flexibility index (Phi) is 8.98. The van der Waals surface area contributed by atoms with Crippen LogP contribution >= 0.6 is 0 Å². The average molecular weight is 400 g/mol. The van der Waals surface area contributed by atoms with Gasteiger partial charge in [0.15, 0.2) is 6.61 Å². The molecule has 0 aromatic heterocycles. The lowest BCUT2D eigenvalue weighted by Gasteiger charge is -2.28. The van der Waals surface area contributed by atoms with Crippen molar-refractivity contribution in [2.45, 2.75) is 25.9 Å². The minimum atomic E-state index is -0.692. The second-order valence-corrected chi connectivity index (χ2v) is 6.52. The first-order chi connectivity index (χ1) is 14.0. The van der Waals surface area contributed by atoms with E-state index >= 15 is 0 Å². The summed E-state index contributed by atoms with van der Waals surface area (Å²) >= 11 is 0. The van der Waals surface area contributed by atoms with Gasteiger partial charge in [0, 0.05) is 19.7 Å². The van der Waals surface area contributed by atoms with Crippen LogP contribution < -0.4 is 14.8 Å². The molecule has 1 atom stereocenters. The molecule has 1 unspecified atom stereocenters. The summed E-state index contributed by atoms with van der Waals surface area (Å²) in [7, 11) is 1.59. The maximum absolute atomic E-state index is 12.9. The van der Waals surface area contributed by atoms with Gasteiger partial charge in [-0.25, -0.2) is 0 Å². The van der Waals surface area contributed by atoms with Crippen molar-refractivity contribution < 1.29 is 24.2 Å². The number of nitrogens with zero attached hydrogens (tertiary/aromatic N) is 1. The molecular weight excluding hydrogens is 372 g/mol. The molecule has 0 heterocycles. The SMILES string of the molecule is COc1ccc(CN(C(=O)COc2ccccc2)C(C)C(=O)NCCCO)cc1. The number of carbonyl (C=O) groups excluding carboxylic acids is 2. The molecule has 2 aromatic rings. The molecule has 7 heteroatoms. The standard InChI is InChI=1S/C22H28N2O5/c1-17(22(27)23-13-6-14-25)24(15-18-9-11-19(28-2)12-10-18)21(26)16-29-20-7-4-3-5-8-20/h3-5,7-12,17,25H,6,13-16H2,1-2H3,(H,23,27). The van der Waals surface area contributed by atoms with E-state index in [4.69, 9.17) is 14.6 Å². The van der Waals surface area contributed by atoms with Crippen molar-refractivity contribution in [1.82, 2.24) is 10.2 Å². The molecule has 0 aliphatic heterocycles. The summed E-state index contributed by atoms with van der Waals surface area (Å²) in [6.45, 7) is 2.11. The number of carbonyl (C=O) groups is 2. The lowest BCUT2D eigenvalue weighted by Crippen LogP contribution is -2.49. The Balaban J connectivity index is 2.09. The topological polar surface area (TPSA) is 88.1 Å². The lowest BCUT2D eigenvalue weighted by molar-refractivity contribution is -0.142. The molecule has 2 rings (SSSR count). The summed E-state index contributed by atoms with van der Waals surface area (Å²) in [6, 6.07) is 15.7. The largest absolute Gasteiger partial charge is 0.497 e. The van der Waals surface area contributed by atoms with E-state index in [1.807, 2.05) is 42.5 Å². The van der Waals surface area contributed by atoms with Gasteiger partial charge in [0.25, 0.3) is 5.91 Å². The Morgan fingerprint density at radius 1 is 1.07 bits per heavy atom. The minimum Gasteiger partial charge on any atom is -0.497 e. The molecular formula is C22H28N2O5. The fraction of sp³-hybridized carbons (Fsp3) is 0.364. The van der Waals surface area contributed by atoms with Gasteiger partial charge in [0.05, 0.1) is 7.11 Å². The fourth-order valence-electron chi connectivity index (χ4n) is 2.69. The summed E-state index contributed by atoms with van der Waals surface area (Å²) in [5.74, 6) is 0.730. The predicted molar refractivity (Wildman–Crippen MR) is 110 cm³/mol. The molecule has 29 heavy (non-hydrogen) atoms. The van der Waals surface area contributed by atoms with Crippen LogP contribution in [0.2, 0.25) is 0 Å². The number of amides is 2. The number of hydrogen-bond acceptors (Lipinski definition) is 5. The molecule has 2 N–H and O–H groups in total.